The Balaban J connectivity index is 1.51. The molecule has 29 heavy (non-hydrogen) atoms. The van der Waals surface area contributed by atoms with Gasteiger partial charge >= 0.3 is 5.97 Å². The number of aromatic carboxylic acids is 1. The van der Waals surface area contributed by atoms with Crippen LogP contribution in [-0.4, -0.2) is 56.0 Å². The van der Waals surface area contributed by atoms with Gasteiger partial charge in [-0.2, -0.15) is 0 Å². The molecule has 0 radical (unpaired) electrons. The molecule has 0 bridgehead atoms. The molecule has 1 aliphatic heterocycles. The molecule has 1 heterocycles. The highest BCUT2D eigenvalue weighted by molar-refractivity contribution is 7.89. The van der Waals surface area contributed by atoms with E-state index in [0.29, 0.717) is 6.54 Å². The van der Waals surface area contributed by atoms with Gasteiger partial charge in [-0.05, 0) is 36.8 Å². The zero-order valence-corrected chi connectivity index (χ0v) is 16.7. The minimum Gasteiger partial charge on any atom is -0.478 e. The predicted octanol–water partition coefficient (Wildman–Crippen LogP) is 0.890. The maximum Gasteiger partial charge on any atom is 0.335 e. The fraction of sp³-hybridized carbons (Fsp3) is 0.350. The maximum absolute atomic E-state index is 12.4. The minimum absolute atomic E-state index is 0.0388. The lowest BCUT2D eigenvalue weighted by Crippen LogP contribution is -2.44. The predicted molar refractivity (Wildman–Crippen MR) is 106 cm³/mol. The van der Waals surface area contributed by atoms with Crippen molar-refractivity contribution >= 4 is 16.0 Å². The molecular formula is C20H24N2O6S. The highest BCUT2D eigenvalue weighted by atomic mass is 32.2. The third kappa shape index (κ3) is 5.40. The summed E-state index contributed by atoms with van der Waals surface area (Å²) in [5.74, 6) is -0.986. The summed E-state index contributed by atoms with van der Waals surface area (Å²) >= 11 is 0. The van der Waals surface area contributed by atoms with Crippen LogP contribution in [-0.2, 0) is 21.3 Å². The van der Waals surface area contributed by atoms with E-state index in [1.165, 1.54) is 24.3 Å². The standard InChI is InChI=1S/C20H24N2O6S/c1-13-2-8-16(9-3-13)29(26,27)22-11-18-19(23)17(12-28-18)21-10-14-4-6-15(7-5-14)20(24)25/h2-9,17-19,21-23H,10-12H2,1H3,(H,24,25)/t17-,18-,19+/m1/s1. The first-order valence-corrected chi connectivity index (χ1v) is 10.7. The Hall–Kier alpha value is -2.30. The largest absolute Gasteiger partial charge is 0.478 e. The number of ether oxygens (including phenoxy) is 1. The smallest absolute Gasteiger partial charge is 0.335 e. The van der Waals surface area contributed by atoms with E-state index < -0.39 is 28.2 Å². The fourth-order valence-electron chi connectivity index (χ4n) is 3.05. The van der Waals surface area contributed by atoms with Crippen molar-refractivity contribution in [2.45, 2.75) is 36.6 Å². The van der Waals surface area contributed by atoms with Crippen LogP contribution in [0.5, 0.6) is 0 Å². The second-order valence-corrected chi connectivity index (χ2v) is 8.78. The maximum atomic E-state index is 12.4. The van der Waals surface area contributed by atoms with E-state index in [-0.39, 0.29) is 29.7 Å². The highest BCUT2D eigenvalue weighted by Crippen LogP contribution is 2.16. The van der Waals surface area contributed by atoms with Crippen molar-refractivity contribution in [3.05, 3.63) is 65.2 Å². The molecule has 2 aromatic rings. The third-order valence-electron chi connectivity index (χ3n) is 4.86. The van der Waals surface area contributed by atoms with E-state index in [1.54, 1.807) is 24.3 Å². The number of aryl methyl sites for hydroxylation is 1. The van der Waals surface area contributed by atoms with Crippen LogP contribution in [0.15, 0.2) is 53.4 Å². The number of hydrogen-bond donors (Lipinski definition) is 4. The number of hydrogen-bond acceptors (Lipinski definition) is 6. The monoisotopic (exact) mass is 420 g/mol. The Morgan fingerprint density at radius 1 is 1.14 bits per heavy atom. The Morgan fingerprint density at radius 3 is 2.41 bits per heavy atom. The molecule has 3 atom stereocenters. The molecule has 0 unspecified atom stereocenters. The second kappa shape index (κ2) is 9.02. The van der Waals surface area contributed by atoms with Crippen LogP contribution in [0.2, 0.25) is 0 Å². The summed E-state index contributed by atoms with van der Waals surface area (Å²) in [4.78, 5) is 11.0. The van der Waals surface area contributed by atoms with E-state index in [1.807, 2.05) is 6.92 Å². The van der Waals surface area contributed by atoms with Gasteiger partial charge in [0.2, 0.25) is 10.0 Å². The summed E-state index contributed by atoms with van der Waals surface area (Å²) in [6.07, 6.45) is -1.55. The van der Waals surface area contributed by atoms with Crippen molar-refractivity contribution in [1.82, 2.24) is 10.0 Å². The summed E-state index contributed by atoms with van der Waals surface area (Å²) in [7, 11) is -3.68. The first-order chi connectivity index (χ1) is 13.8. The SMILES string of the molecule is Cc1ccc(S(=O)(=O)NC[C@H]2OC[C@@H](NCc3ccc(C(=O)O)cc3)[C@@H]2O)cc1. The van der Waals surface area contributed by atoms with Gasteiger partial charge in [0.25, 0.3) is 0 Å². The summed E-state index contributed by atoms with van der Waals surface area (Å²) in [6.45, 7) is 2.50. The van der Waals surface area contributed by atoms with Crippen molar-refractivity contribution < 1.29 is 28.2 Å². The first-order valence-electron chi connectivity index (χ1n) is 9.18. The number of aliphatic hydroxyl groups excluding tert-OH is 1. The van der Waals surface area contributed by atoms with Crippen LogP contribution in [0.1, 0.15) is 21.5 Å². The molecule has 4 N–H and O–H groups in total. The first kappa shape index (κ1) is 21.4. The van der Waals surface area contributed by atoms with Crippen LogP contribution in [0.3, 0.4) is 0 Å². The van der Waals surface area contributed by atoms with Gasteiger partial charge in [-0.25, -0.2) is 17.9 Å². The average Bonchev–Trinajstić information content (AvgIpc) is 3.05. The van der Waals surface area contributed by atoms with Crippen LogP contribution in [0.25, 0.3) is 0 Å². The van der Waals surface area contributed by atoms with Gasteiger partial charge < -0.3 is 20.3 Å². The zero-order chi connectivity index (χ0) is 21.0. The highest BCUT2D eigenvalue weighted by Gasteiger charge is 2.36. The Bertz CT molecular complexity index is 944. The number of rotatable bonds is 8. The van der Waals surface area contributed by atoms with Crippen molar-refractivity contribution in [2.24, 2.45) is 0 Å². The van der Waals surface area contributed by atoms with Crippen molar-refractivity contribution in [3.63, 3.8) is 0 Å². The summed E-state index contributed by atoms with van der Waals surface area (Å²) in [6, 6.07) is 12.6. The van der Waals surface area contributed by atoms with E-state index in [0.717, 1.165) is 11.1 Å². The van der Waals surface area contributed by atoms with Crippen LogP contribution in [0, 0.1) is 6.92 Å². The summed E-state index contributed by atoms with van der Waals surface area (Å²) in [5, 5.41) is 22.5. The Kier molecular flexibility index (Phi) is 6.66. The molecule has 1 saturated heterocycles. The molecule has 0 amide bonds. The molecule has 1 fully saturated rings. The molecule has 0 saturated carbocycles. The number of benzene rings is 2. The zero-order valence-electron chi connectivity index (χ0n) is 15.9. The van der Waals surface area contributed by atoms with Crippen molar-refractivity contribution in [1.29, 1.82) is 0 Å². The lowest BCUT2D eigenvalue weighted by molar-refractivity contribution is 0.0443. The normalized spacial score (nSPS) is 21.9. The number of carboxylic acid groups (broad SMARTS) is 1. The number of aliphatic hydroxyl groups is 1. The van der Waals surface area contributed by atoms with Crippen molar-refractivity contribution in [3.8, 4) is 0 Å². The number of carboxylic acids is 1. The summed E-state index contributed by atoms with van der Waals surface area (Å²) < 4.78 is 32.8. The van der Waals surface area contributed by atoms with E-state index in [2.05, 4.69) is 10.0 Å². The Labute approximate surface area is 169 Å². The molecule has 3 rings (SSSR count). The molecule has 0 aromatic heterocycles. The third-order valence-corrected chi connectivity index (χ3v) is 6.30. The van der Waals surface area contributed by atoms with E-state index in [4.69, 9.17) is 9.84 Å². The second-order valence-electron chi connectivity index (χ2n) is 7.02. The lowest BCUT2D eigenvalue weighted by Gasteiger charge is -2.19. The van der Waals surface area contributed by atoms with Gasteiger partial charge in [-0.3, -0.25) is 0 Å². The topological polar surface area (TPSA) is 125 Å². The van der Waals surface area contributed by atoms with E-state index in [9.17, 15) is 18.3 Å². The van der Waals surface area contributed by atoms with E-state index >= 15 is 0 Å². The Morgan fingerprint density at radius 2 is 1.79 bits per heavy atom. The fourth-order valence-corrected chi connectivity index (χ4v) is 4.09. The van der Waals surface area contributed by atoms with Gasteiger partial charge in [-0.15, -0.1) is 0 Å². The molecule has 8 nitrogen and oxygen atoms in total. The van der Waals surface area contributed by atoms with Gasteiger partial charge in [0.05, 0.1) is 35.3 Å². The molecule has 2 aromatic carbocycles. The van der Waals surface area contributed by atoms with Gasteiger partial charge in [0.1, 0.15) is 0 Å². The number of nitrogens with one attached hydrogen (secondary N) is 2. The van der Waals surface area contributed by atoms with Gasteiger partial charge in [0.15, 0.2) is 0 Å². The average molecular weight is 420 g/mol. The molecule has 9 heteroatoms. The quantitative estimate of drug-likeness (QED) is 0.500. The van der Waals surface area contributed by atoms with Crippen molar-refractivity contribution in [2.75, 3.05) is 13.2 Å². The molecular weight excluding hydrogens is 396 g/mol. The van der Waals surface area contributed by atoms with Gasteiger partial charge in [0, 0.05) is 13.1 Å². The van der Waals surface area contributed by atoms with Crippen LogP contribution in [0.4, 0.5) is 0 Å². The molecule has 0 aliphatic carbocycles. The molecule has 1 aliphatic rings. The van der Waals surface area contributed by atoms with Gasteiger partial charge in [-0.1, -0.05) is 29.8 Å². The number of sulfonamides is 1. The minimum atomic E-state index is -3.68. The number of carbonyl (C=O) groups is 1. The molecule has 156 valence electrons. The van der Waals surface area contributed by atoms with Crippen LogP contribution >= 0.6 is 0 Å². The summed E-state index contributed by atoms with van der Waals surface area (Å²) in [5.41, 5.74) is 2.04. The van der Waals surface area contributed by atoms with Crippen LogP contribution < -0.4 is 10.0 Å². The molecule has 0 spiro atoms. The lowest BCUT2D eigenvalue weighted by atomic mass is 10.1.